The van der Waals surface area contributed by atoms with Crippen molar-refractivity contribution in [1.29, 1.82) is 0 Å². The van der Waals surface area contributed by atoms with Crippen LogP contribution >= 0.6 is 0 Å². The van der Waals surface area contributed by atoms with Crippen LogP contribution in [0.25, 0.3) is 0 Å². The summed E-state index contributed by atoms with van der Waals surface area (Å²) in [5, 5.41) is 3.47. The SMILES string of the molecule is Cc1ccoc1CNC1CC=CC1. The maximum Gasteiger partial charge on any atom is 0.120 e. The van der Waals surface area contributed by atoms with Crippen molar-refractivity contribution < 1.29 is 4.42 Å². The normalized spacial score (nSPS) is 17.0. The third kappa shape index (κ3) is 2.01. The van der Waals surface area contributed by atoms with Gasteiger partial charge >= 0.3 is 0 Å². The summed E-state index contributed by atoms with van der Waals surface area (Å²) in [6, 6.07) is 2.62. The largest absolute Gasteiger partial charge is 0.468 e. The molecule has 1 aliphatic carbocycles. The molecule has 0 spiro atoms. The molecule has 0 fully saturated rings. The van der Waals surface area contributed by atoms with Crippen LogP contribution in [-0.4, -0.2) is 6.04 Å². The van der Waals surface area contributed by atoms with E-state index in [2.05, 4.69) is 24.4 Å². The van der Waals surface area contributed by atoms with Gasteiger partial charge in [-0.2, -0.15) is 0 Å². The van der Waals surface area contributed by atoms with Crippen LogP contribution in [0.3, 0.4) is 0 Å². The Kier molecular flexibility index (Phi) is 2.50. The van der Waals surface area contributed by atoms with Gasteiger partial charge in [0.05, 0.1) is 12.8 Å². The third-order valence-electron chi connectivity index (χ3n) is 2.53. The summed E-state index contributed by atoms with van der Waals surface area (Å²) < 4.78 is 5.34. The predicted octanol–water partition coefficient (Wildman–Crippen LogP) is 2.40. The molecule has 70 valence electrons. The molecule has 0 radical (unpaired) electrons. The van der Waals surface area contributed by atoms with Crippen molar-refractivity contribution >= 4 is 0 Å². The fourth-order valence-electron chi connectivity index (χ4n) is 1.61. The van der Waals surface area contributed by atoms with E-state index in [1.54, 1.807) is 6.26 Å². The van der Waals surface area contributed by atoms with Crippen molar-refractivity contribution in [3.8, 4) is 0 Å². The van der Waals surface area contributed by atoms with Crippen LogP contribution in [0.4, 0.5) is 0 Å². The van der Waals surface area contributed by atoms with Crippen molar-refractivity contribution in [2.24, 2.45) is 0 Å². The Hall–Kier alpha value is -1.02. The Morgan fingerprint density at radius 3 is 2.85 bits per heavy atom. The zero-order chi connectivity index (χ0) is 9.10. The summed E-state index contributed by atoms with van der Waals surface area (Å²) in [7, 11) is 0. The molecule has 0 atom stereocenters. The van der Waals surface area contributed by atoms with Crippen molar-refractivity contribution in [3.63, 3.8) is 0 Å². The number of aryl methyl sites for hydroxylation is 1. The van der Waals surface area contributed by atoms with Gasteiger partial charge in [-0.05, 0) is 31.4 Å². The van der Waals surface area contributed by atoms with Crippen LogP contribution in [0.5, 0.6) is 0 Å². The first-order valence-corrected chi connectivity index (χ1v) is 4.77. The number of nitrogens with one attached hydrogen (secondary N) is 1. The zero-order valence-electron chi connectivity index (χ0n) is 7.92. The molecular formula is C11H15NO. The lowest BCUT2D eigenvalue weighted by Gasteiger charge is -2.10. The first-order chi connectivity index (χ1) is 6.36. The Labute approximate surface area is 78.6 Å². The van der Waals surface area contributed by atoms with Gasteiger partial charge in [-0.3, -0.25) is 0 Å². The highest BCUT2D eigenvalue weighted by molar-refractivity contribution is 5.14. The number of hydrogen-bond donors (Lipinski definition) is 1. The molecule has 2 nitrogen and oxygen atoms in total. The minimum Gasteiger partial charge on any atom is -0.468 e. The van der Waals surface area contributed by atoms with Crippen LogP contribution in [0.1, 0.15) is 24.2 Å². The monoisotopic (exact) mass is 177 g/mol. The maximum absolute atomic E-state index is 5.34. The standard InChI is InChI=1S/C11H15NO/c1-9-6-7-13-11(9)8-12-10-4-2-3-5-10/h2-3,6-7,10,12H,4-5,8H2,1H3. The molecule has 13 heavy (non-hydrogen) atoms. The van der Waals surface area contributed by atoms with Crippen LogP contribution in [-0.2, 0) is 6.54 Å². The molecule has 1 heterocycles. The van der Waals surface area contributed by atoms with Gasteiger partial charge in [-0.25, -0.2) is 0 Å². The van der Waals surface area contributed by atoms with Crippen molar-refractivity contribution in [2.45, 2.75) is 32.4 Å². The van der Waals surface area contributed by atoms with Crippen LogP contribution in [0, 0.1) is 6.92 Å². The summed E-state index contributed by atoms with van der Waals surface area (Å²) >= 11 is 0. The quantitative estimate of drug-likeness (QED) is 0.717. The minimum absolute atomic E-state index is 0.615. The average Bonchev–Trinajstić information content (AvgIpc) is 2.72. The summed E-state index contributed by atoms with van der Waals surface area (Å²) in [6.07, 6.45) is 8.51. The van der Waals surface area contributed by atoms with E-state index in [9.17, 15) is 0 Å². The molecule has 1 N–H and O–H groups in total. The first-order valence-electron chi connectivity index (χ1n) is 4.77. The molecule has 2 rings (SSSR count). The maximum atomic E-state index is 5.34. The highest BCUT2D eigenvalue weighted by atomic mass is 16.3. The van der Waals surface area contributed by atoms with E-state index in [-0.39, 0.29) is 0 Å². The smallest absolute Gasteiger partial charge is 0.120 e. The number of rotatable bonds is 3. The van der Waals surface area contributed by atoms with E-state index in [1.807, 2.05) is 6.07 Å². The summed E-state index contributed by atoms with van der Waals surface area (Å²) in [6.45, 7) is 2.93. The molecule has 0 unspecified atom stereocenters. The lowest BCUT2D eigenvalue weighted by Crippen LogP contribution is -2.25. The van der Waals surface area contributed by atoms with E-state index in [0.717, 1.165) is 25.1 Å². The second-order valence-corrected chi connectivity index (χ2v) is 3.55. The highest BCUT2D eigenvalue weighted by Crippen LogP contribution is 2.12. The molecule has 1 aromatic rings. The highest BCUT2D eigenvalue weighted by Gasteiger charge is 2.10. The van der Waals surface area contributed by atoms with Gasteiger partial charge in [-0.1, -0.05) is 12.2 Å². The van der Waals surface area contributed by atoms with Gasteiger partial charge in [0.1, 0.15) is 5.76 Å². The fraction of sp³-hybridized carbons (Fsp3) is 0.455. The van der Waals surface area contributed by atoms with Crippen molar-refractivity contribution in [1.82, 2.24) is 5.32 Å². The molecule has 0 aliphatic heterocycles. The van der Waals surface area contributed by atoms with E-state index < -0.39 is 0 Å². The van der Waals surface area contributed by atoms with E-state index >= 15 is 0 Å². The topological polar surface area (TPSA) is 25.2 Å². The van der Waals surface area contributed by atoms with E-state index in [0.29, 0.717) is 6.04 Å². The minimum atomic E-state index is 0.615. The lowest BCUT2D eigenvalue weighted by molar-refractivity contribution is 0.449. The molecule has 0 amide bonds. The molecule has 1 aromatic heterocycles. The Morgan fingerprint density at radius 1 is 1.46 bits per heavy atom. The summed E-state index contributed by atoms with van der Waals surface area (Å²) in [4.78, 5) is 0. The van der Waals surface area contributed by atoms with Crippen molar-refractivity contribution in [3.05, 3.63) is 35.8 Å². The number of furan rings is 1. The summed E-state index contributed by atoms with van der Waals surface area (Å²) in [5.74, 6) is 1.06. The van der Waals surface area contributed by atoms with Crippen LogP contribution in [0.2, 0.25) is 0 Å². The fourth-order valence-corrected chi connectivity index (χ4v) is 1.61. The Balaban J connectivity index is 1.82. The van der Waals surface area contributed by atoms with Gasteiger partial charge in [0.15, 0.2) is 0 Å². The van der Waals surface area contributed by atoms with E-state index in [4.69, 9.17) is 4.42 Å². The molecule has 0 aromatic carbocycles. The van der Waals surface area contributed by atoms with Crippen LogP contribution in [0.15, 0.2) is 28.9 Å². The zero-order valence-corrected chi connectivity index (χ0v) is 7.92. The Morgan fingerprint density at radius 2 is 2.23 bits per heavy atom. The molecule has 1 aliphatic rings. The molecule has 0 bridgehead atoms. The van der Waals surface area contributed by atoms with Gasteiger partial charge in [0, 0.05) is 6.04 Å². The predicted molar refractivity (Wildman–Crippen MR) is 52.4 cm³/mol. The number of hydrogen-bond acceptors (Lipinski definition) is 2. The molecule has 2 heteroatoms. The van der Waals surface area contributed by atoms with Gasteiger partial charge in [-0.15, -0.1) is 0 Å². The average molecular weight is 177 g/mol. The second kappa shape index (κ2) is 3.79. The molecular weight excluding hydrogens is 162 g/mol. The second-order valence-electron chi connectivity index (χ2n) is 3.55. The van der Waals surface area contributed by atoms with Gasteiger partial charge in [0.25, 0.3) is 0 Å². The lowest BCUT2D eigenvalue weighted by atomic mass is 10.2. The van der Waals surface area contributed by atoms with Gasteiger partial charge in [0.2, 0.25) is 0 Å². The first kappa shape index (κ1) is 8.57. The summed E-state index contributed by atoms with van der Waals surface area (Å²) in [5.41, 5.74) is 1.23. The van der Waals surface area contributed by atoms with Gasteiger partial charge < -0.3 is 9.73 Å². The Bertz CT molecular complexity index is 293. The molecule has 0 saturated heterocycles. The van der Waals surface area contributed by atoms with Crippen molar-refractivity contribution in [2.75, 3.05) is 0 Å². The van der Waals surface area contributed by atoms with E-state index in [1.165, 1.54) is 5.56 Å². The molecule has 0 saturated carbocycles. The third-order valence-corrected chi connectivity index (χ3v) is 2.53. The van der Waals surface area contributed by atoms with Crippen LogP contribution < -0.4 is 5.32 Å².